The van der Waals surface area contributed by atoms with E-state index in [1.807, 2.05) is 19.1 Å². The number of rotatable bonds is 4. The van der Waals surface area contributed by atoms with Gasteiger partial charge in [0.2, 0.25) is 0 Å². The van der Waals surface area contributed by atoms with Gasteiger partial charge in [-0.2, -0.15) is 0 Å². The van der Waals surface area contributed by atoms with Crippen LogP contribution in [0.3, 0.4) is 0 Å². The van der Waals surface area contributed by atoms with Crippen LogP contribution in [0.2, 0.25) is 5.02 Å². The van der Waals surface area contributed by atoms with E-state index in [4.69, 9.17) is 11.6 Å². The second-order valence-corrected chi connectivity index (χ2v) is 6.54. The van der Waals surface area contributed by atoms with Crippen LogP contribution in [0.5, 0.6) is 0 Å². The van der Waals surface area contributed by atoms with Gasteiger partial charge in [0.15, 0.2) is 0 Å². The molecule has 1 aliphatic carbocycles. The summed E-state index contributed by atoms with van der Waals surface area (Å²) in [4.78, 5) is 13.9. The molecule has 2 rings (SSSR count). The molecule has 0 bridgehead atoms. The molecule has 0 atom stereocenters. The number of anilines is 1. The van der Waals surface area contributed by atoms with Gasteiger partial charge in [0.25, 0.3) is 0 Å². The molecule has 116 valence electrons. The summed E-state index contributed by atoms with van der Waals surface area (Å²) in [6.45, 7) is 2.66. The quantitative estimate of drug-likeness (QED) is 0.891. The predicted octanol–water partition coefficient (Wildman–Crippen LogP) is 3.66. The average molecular weight is 311 g/mol. The van der Waals surface area contributed by atoms with Crippen molar-refractivity contribution < 1.29 is 9.90 Å². The normalized spacial score (nSPS) is 16.8. The maximum Gasteiger partial charge on any atom is 0.321 e. The first-order valence-electron chi connectivity index (χ1n) is 7.35. The van der Waals surface area contributed by atoms with E-state index < -0.39 is 0 Å². The number of aliphatic hydroxyl groups is 1. The first kappa shape index (κ1) is 16.1. The Morgan fingerprint density at radius 1 is 1.43 bits per heavy atom. The number of carbonyl (C=O) groups excluding carboxylic acids is 1. The van der Waals surface area contributed by atoms with E-state index in [1.54, 1.807) is 18.0 Å². The van der Waals surface area contributed by atoms with Gasteiger partial charge >= 0.3 is 6.03 Å². The maximum absolute atomic E-state index is 12.3. The minimum Gasteiger partial charge on any atom is -0.396 e. The topological polar surface area (TPSA) is 52.6 Å². The molecule has 0 radical (unpaired) electrons. The van der Waals surface area contributed by atoms with E-state index in [2.05, 4.69) is 5.32 Å². The van der Waals surface area contributed by atoms with Crippen molar-refractivity contribution in [2.75, 3.05) is 25.5 Å². The Labute approximate surface area is 131 Å². The molecule has 0 aromatic heterocycles. The van der Waals surface area contributed by atoms with Gasteiger partial charge < -0.3 is 15.3 Å². The van der Waals surface area contributed by atoms with E-state index in [-0.39, 0.29) is 18.1 Å². The van der Waals surface area contributed by atoms with Gasteiger partial charge in [0, 0.05) is 19.0 Å². The second kappa shape index (κ2) is 6.67. The number of halogens is 1. The van der Waals surface area contributed by atoms with Crippen LogP contribution in [-0.2, 0) is 0 Å². The van der Waals surface area contributed by atoms with Crippen LogP contribution in [0, 0.1) is 12.3 Å². The van der Waals surface area contributed by atoms with Crippen molar-refractivity contribution in [3.63, 3.8) is 0 Å². The molecule has 1 aliphatic rings. The number of carbonyl (C=O) groups is 1. The summed E-state index contributed by atoms with van der Waals surface area (Å²) >= 11 is 6.10. The van der Waals surface area contributed by atoms with Gasteiger partial charge in [-0.1, -0.05) is 30.5 Å². The Hall–Kier alpha value is -1.26. The fraction of sp³-hybridized carbons (Fsp3) is 0.562. The van der Waals surface area contributed by atoms with Crippen molar-refractivity contribution in [3.8, 4) is 0 Å². The molecule has 1 aromatic carbocycles. The molecule has 2 amide bonds. The number of nitrogens with zero attached hydrogens (tertiary/aromatic N) is 1. The Bertz CT molecular complexity index is 513. The zero-order valence-corrected chi connectivity index (χ0v) is 13.4. The lowest BCUT2D eigenvalue weighted by molar-refractivity contribution is 0.0998. The van der Waals surface area contributed by atoms with E-state index in [9.17, 15) is 9.90 Å². The molecule has 4 nitrogen and oxygen atoms in total. The van der Waals surface area contributed by atoms with E-state index in [1.165, 1.54) is 0 Å². The summed E-state index contributed by atoms with van der Waals surface area (Å²) in [5.74, 6) is 0. The lowest BCUT2D eigenvalue weighted by atomic mass is 9.87. The average Bonchev–Trinajstić information content (AvgIpc) is 2.92. The van der Waals surface area contributed by atoms with E-state index in [0.717, 1.165) is 31.2 Å². The lowest BCUT2D eigenvalue weighted by Gasteiger charge is -2.31. The van der Waals surface area contributed by atoms with Crippen molar-refractivity contribution in [2.45, 2.75) is 32.6 Å². The Morgan fingerprint density at radius 3 is 2.71 bits per heavy atom. The van der Waals surface area contributed by atoms with Gasteiger partial charge in [-0.3, -0.25) is 0 Å². The molecular formula is C16H23ClN2O2. The maximum atomic E-state index is 12.3. The predicted molar refractivity (Wildman–Crippen MR) is 85.8 cm³/mol. The minimum absolute atomic E-state index is 0.135. The fourth-order valence-corrected chi connectivity index (χ4v) is 3.18. The first-order valence-corrected chi connectivity index (χ1v) is 7.73. The van der Waals surface area contributed by atoms with Gasteiger partial charge in [-0.15, -0.1) is 0 Å². The van der Waals surface area contributed by atoms with Crippen LogP contribution >= 0.6 is 11.6 Å². The molecular weight excluding hydrogens is 288 g/mol. The van der Waals surface area contributed by atoms with Crippen molar-refractivity contribution in [3.05, 3.63) is 28.8 Å². The molecule has 1 aromatic rings. The van der Waals surface area contributed by atoms with Crippen LogP contribution in [0.1, 0.15) is 31.2 Å². The largest absolute Gasteiger partial charge is 0.396 e. The van der Waals surface area contributed by atoms with Crippen LogP contribution in [-0.4, -0.2) is 36.2 Å². The number of aliphatic hydroxyl groups excluding tert-OH is 1. The van der Waals surface area contributed by atoms with Gasteiger partial charge in [0.1, 0.15) is 0 Å². The Balaban J connectivity index is 2.01. The van der Waals surface area contributed by atoms with E-state index >= 15 is 0 Å². The van der Waals surface area contributed by atoms with Crippen molar-refractivity contribution >= 4 is 23.3 Å². The molecule has 1 saturated carbocycles. The molecule has 0 heterocycles. The summed E-state index contributed by atoms with van der Waals surface area (Å²) in [5, 5.41) is 13.0. The monoisotopic (exact) mass is 310 g/mol. The molecule has 0 aliphatic heterocycles. The first-order chi connectivity index (χ1) is 9.96. The van der Waals surface area contributed by atoms with Crippen LogP contribution < -0.4 is 5.32 Å². The molecule has 5 heteroatoms. The molecule has 0 unspecified atom stereocenters. The Kier molecular flexibility index (Phi) is 5.12. The molecule has 0 spiro atoms. The zero-order valence-electron chi connectivity index (χ0n) is 12.7. The highest BCUT2D eigenvalue weighted by molar-refractivity contribution is 6.33. The number of benzene rings is 1. The number of hydrogen-bond donors (Lipinski definition) is 2. The smallest absolute Gasteiger partial charge is 0.321 e. The third-order valence-electron chi connectivity index (χ3n) is 4.28. The molecule has 0 saturated heterocycles. The zero-order chi connectivity index (χ0) is 15.5. The molecule has 21 heavy (non-hydrogen) atoms. The Morgan fingerprint density at radius 2 is 2.10 bits per heavy atom. The number of nitrogens with one attached hydrogen (secondary N) is 1. The van der Waals surface area contributed by atoms with Crippen molar-refractivity contribution in [1.82, 2.24) is 4.90 Å². The third kappa shape index (κ3) is 3.89. The summed E-state index contributed by atoms with van der Waals surface area (Å²) in [7, 11) is 1.76. The summed E-state index contributed by atoms with van der Waals surface area (Å²) in [6, 6.07) is 5.34. The highest BCUT2D eigenvalue weighted by Crippen LogP contribution is 2.38. The second-order valence-electron chi connectivity index (χ2n) is 6.13. The molecule has 2 N–H and O–H groups in total. The van der Waals surface area contributed by atoms with Crippen LogP contribution in [0.15, 0.2) is 18.2 Å². The minimum atomic E-state index is -0.192. The number of aryl methyl sites for hydroxylation is 1. The van der Waals surface area contributed by atoms with Gasteiger partial charge in [-0.05, 0) is 37.5 Å². The summed E-state index contributed by atoms with van der Waals surface area (Å²) < 4.78 is 0. The SMILES string of the molecule is Cc1ccc(Cl)c(NC(=O)N(C)CC2(CO)CCCC2)c1. The van der Waals surface area contributed by atoms with E-state index in [0.29, 0.717) is 17.3 Å². The highest BCUT2D eigenvalue weighted by Gasteiger charge is 2.35. The highest BCUT2D eigenvalue weighted by atomic mass is 35.5. The van der Waals surface area contributed by atoms with Gasteiger partial charge in [-0.25, -0.2) is 4.79 Å². The fourth-order valence-electron chi connectivity index (χ4n) is 3.01. The van der Waals surface area contributed by atoms with Crippen molar-refractivity contribution in [1.29, 1.82) is 0 Å². The van der Waals surface area contributed by atoms with Crippen LogP contribution in [0.4, 0.5) is 10.5 Å². The molecule has 1 fully saturated rings. The number of amides is 2. The summed E-state index contributed by atoms with van der Waals surface area (Å²) in [6.07, 6.45) is 4.21. The lowest BCUT2D eigenvalue weighted by Crippen LogP contribution is -2.41. The number of hydrogen-bond acceptors (Lipinski definition) is 2. The number of urea groups is 1. The van der Waals surface area contributed by atoms with Crippen molar-refractivity contribution in [2.24, 2.45) is 5.41 Å². The third-order valence-corrected chi connectivity index (χ3v) is 4.61. The van der Waals surface area contributed by atoms with Gasteiger partial charge in [0.05, 0.1) is 17.3 Å². The summed E-state index contributed by atoms with van der Waals surface area (Å²) in [5.41, 5.74) is 1.53. The van der Waals surface area contributed by atoms with Crippen LogP contribution in [0.25, 0.3) is 0 Å². The standard InChI is InChI=1S/C16H23ClN2O2/c1-12-5-6-13(17)14(9-12)18-15(21)19(2)10-16(11-20)7-3-4-8-16/h5-6,9,20H,3-4,7-8,10-11H2,1-2H3,(H,18,21).